The van der Waals surface area contributed by atoms with E-state index in [1.54, 1.807) is 31.4 Å². The van der Waals surface area contributed by atoms with Gasteiger partial charge >= 0.3 is 5.97 Å². The lowest BCUT2D eigenvalue weighted by atomic mass is 10.1. The number of amidine groups is 1. The molecule has 3 aromatic rings. The third-order valence-electron chi connectivity index (χ3n) is 5.09. The molecule has 0 atom stereocenters. The van der Waals surface area contributed by atoms with Crippen molar-refractivity contribution in [2.75, 3.05) is 7.11 Å². The van der Waals surface area contributed by atoms with E-state index in [2.05, 4.69) is 10.3 Å². The molecule has 172 valence electrons. The Hall–Kier alpha value is -4.04. The maximum atomic E-state index is 12.6. The zero-order chi connectivity index (χ0) is 24.1. The van der Waals surface area contributed by atoms with Crippen LogP contribution in [0.4, 0.5) is 5.69 Å². The van der Waals surface area contributed by atoms with Crippen LogP contribution in [0.15, 0.2) is 76.6 Å². The van der Waals surface area contributed by atoms with Crippen LogP contribution >= 0.6 is 11.8 Å². The van der Waals surface area contributed by atoms with E-state index in [4.69, 9.17) is 14.6 Å². The number of hydrogen-bond donors (Lipinski definition) is 2. The van der Waals surface area contributed by atoms with E-state index < -0.39 is 5.97 Å². The van der Waals surface area contributed by atoms with E-state index in [-0.39, 0.29) is 18.1 Å². The molecule has 0 unspecified atom stereocenters. The molecule has 7 nitrogen and oxygen atoms in total. The Morgan fingerprint density at radius 2 is 1.85 bits per heavy atom. The Labute approximate surface area is 201 Å². The molecule has 1 aliphatic heterocycles. The first kappa shape index (κ1) is 23.1. The second kappa shape index (κ2) is 10.3. The van der Waals surface area contributed by atoms with Crippen LogP contribution in [0.3, 0.4) is 0 Å². The highest BCUT2D eigenvalue weighted by atomic mass is 32.2. The zero-order valence-corrected chi connectivity index (χ0v) is 19.4. The molecule has 1 fully saturated rings. The Bertz CT molecular complexity index is 1300. The van der Waals surface area contributed by atoms with Crippen molar-refractivity contribution in [3.05, 3.63) is 93.9 Å². The number of benzene rings is 3. The number of thioether (sulfide) groups is 1. The van der Waals surface area contributed by atoms with Crippen molar-refractivity contribution >= 4 is 40.6 Å². The van der Waals surface area contributed by atoms with Gasteiger partial charge in [0.1, 0.15) is 6.61 Å². The lowest BCUT2D eigenvalue weighted by Gasteiger charge is -2.14. The van der Waals surface area contributed by atoms with E-state index in [9.17, 15) is 9.59 Å². The summed E-state index contributed by atoms with van der Waals surface area (Å²) in [5.74, 6) is -0.217. The molecule has 1 amide bonds. The van der Waals surface area contributed by atoms with Gasteiger partial charge in [0.25, 0.3) is 5.91 Å². The predicted octanol–water partition coefficient (Wildman–Crippen LogP) is 5.17. The number of aromatic carboxylic acids is 1. The molecule has 0 radical (unpaired) electrons. The third kappa shape index (κ3) is 5.29. The van der Waals surface area contributed by atoms with E-state index in [0.29, 0.717) is 27.1 Å². The normalized spacial score (nSPS) is 15.4. The number of carbonyl (C=O) groups excluding carboxylic acids is 1. The van der Waals surface area contributed by atoms with Crippen molar-refractivity contribution in [3.63, 3.8) is 0 Å². The quantitative estimate of drug-likeness (QED) is 0.459. The maximum absolute atomic E-state index is 12.6. The fourth-order valence-corrected chi connectivity index (χ4v) is 4.11. The topological polar surface area (TPSA) is 97.2 Å². The average Bonchev–Trinajstić information content (AvgIpc) is 3.18. The lowest BCUT2D eigenvalue weighted by molar-refractivity contribution is -0.115. The monoisotopic (exact) mass is 474 g/mol. The minimum absolute atomic E-state index is 0.204. The largest absolute Gasteiger partial charge is 0.493 e. The summed E-state index contributed by atoms with van der Waals surface area (Å²) in [6.07, 6.45) is 1.74. The van der Waals surface area contributed by atoms with Crippen LogP contribution in [0.5, 0.6) is 11.5 Å². The third-order valence-corrected chi connectivity index (χ3v) is 6.00. The summed E-state index contributed by atoms with van der Waals surface area (Å²) in [5.41, 5.74) is 3.50. The molecule has 4 rings (SSSR count). The molecule has 0 aliphatic carbocycles. The van der Waals surface area contributed by atoms with Crippen molar-refractivity contribution in [1.29, 1.82) is 0 Å². The first-order chi connectivity index (χ1) is 16.4. The highest BCUT2D eigenvalue weighted by Gasteiger charge is 2.25. The molecule has 0 saturated carbocycles. The number of para-hydroxylation sites is 2. The van der Waals surface area contributed by atoms with Crippen molar-refractivity contribution < 1.29 is 24.2 Å². The van der Waals surface area contributed by atoms with Crippen molar-refractivity contribution in [3.8, 4) is 11.5 Å². The number of rotatable bonds is 7. The van der Waals surface area contributed by atoms with Gasteiger partial charge in [0.15, 0.2) is 16.7 Å². The minimum atomic E-state index is -0.983. The molecule has 0 bridgehead atoms. The molecular formula is C26H22N2O5S. The standard InChI is InChI=1S/C26H22N2O5S/c1-16-6-3-4-8-20(16)27-26-28-24(29)22(34-26)14-19-7-5-9-21(32-2)23(19)33-15-17-10-12-18(13-11-17)25(30)31/h3-14H,15H2,1-2H3,(H,30,31)(H,27,28,29)/b22-14-. The van der Waals surface area contributed by atoms with Gasteiger partial charge in [-0.1, -0.05) is 42.5 Å². The molecule has 1 heterocycles. The number of nitrogens with zero attached hydrogens (tertiary/aromatic N) is 1. The fraction of sp³-hybridized carbons (Fsp3) is 0.115. The minimum Gasteiger partial charge on any atom is -0.493 e. The number of carbonyl (C=O) groups is 2. The first-order valence-electron chi connectivity index (χ1n) is 10.4. The van der Waals surface area contributed by atoms with Crippen LogP contribution in [0, 0.1) is 6.92 Å². The molecule has 3 aromatic carbocycles. The van der Waals surface area contributed by atoms with E-state index in [0.717, 1.165) is 16.8 Å². The highest BCUT2D eigenvalue weighted by Crippen LogP contribution is 2.36. The van der Waals surface area contributed by atoms with Crippen molar-refractivity contribution in [1.82, 2.24) is 5.32 Å². The molecule has 2 N–H and O–H groups in total. The van der Waals surface area contributed by atoms with Crippen molar-refractivity contribution in [2.24, 2.45) is 4.99 Å². The molecule has 0 aromatic heterocycles. The van der Waals surface area contributed by atoms with Gasteiger partial charge in [0.2, 0.25) is 0 Å². The summed E-state index contributed by atoms with van der Waals surface area (Å²) in [4.78, 5) is 28.7. The van der Waals surface area contributed by atoms with Crippen LogP contribution in [-0.4, -0.2) is 29.3 Å². The number of aryl methyl sites for hydroxylation is 1. The van der Waals surface area contributed by atoms with Crippen LogP contribution in [0.1, 0.15) is 27.0 Å². The number of methoxy groups -OCH3 is 1. The van der Waals surface area contributed by atoms with Gasteiger partial charge in [-0.15, -0.1) is 0 Å². The number of amides is 1. The SMILES string of the molecule is COc1cccc(/C=C2\SC(=Nc3ccccc3C)NC2=O)c1OCc1ccc(C(=O)O)cc1. The Balaban J connectivity index is 1.57. The van der Waals surface area contributed by atoms with E-state index in [1.165, 1.54) is 23.9 Å². The van der Waals surface area contributed by atoms with E-state index >= 15 is 0 Å². The predicted molar refractivity (Wildman–Crippen MR) is 133 cm³/mol. The van der Waals surface area contributed by atoms with Crippen LogP contribution < -0.4 is 14.8 Å². The molecule has 34 heavy (non-hydrogen) atoms. The number of aliphatic imine (C=N–C) groups is 1. The number of carboxylic acid groups (broad SMARTS) is 1. The molecule has 1 aliphatic rings. The number of hydrogen-bond acceptors (Lipinski definition) is 6. The molecule has 8 heteroatoms. The van der Waals surface area contributed by atoms with Crippen LogP contribution in [-0.2, 0) is 11.4 Å². The summed E-state index contributed by atoms with van der Waals surface area (Å²) in [6, 6.07) is 19.6. The van der Waals surface area contributed by atoms with Crippen LogP contribution in [0.2, 0.25) is 0 Å². The van der Waals surface area contributed by atoms with Gasteiger partial charge in [0.05, 0.1) is 23.3 Å². The van der Waals surface area contributed by atoms with Gasteiger partial charge in [-0.05, 0) is 60.2 Å². The Morgan fingerprint density at radius 1 is 1.09 bits per heavy atom. The summed E-state index contributed by atoms with van der Waals surface area (Å²) in [5, 5.41) is 12.4. The highest BCUT2D eigenvalue weighted by molar-refractivity contribution is 8.18. The van der Waals surface area contributed by atoms with Gasteiger partial charge in [-0.3, -0.25) is 4.79 Å². The van der Waals surface area contributed by atoms with Gasteiger partial charge in [-0.2, -0.15) is 0 Å². The second-order valence-corrected chi connectivity index (χ2v) is 8.47. The van der Waals surface area contributed by atoms with E-state index in [1.807, 2.05) is 43.3 Å². The first-order valence-corrected chi connectivity index (χ1v) is 11.2. The second-order valence-electron chi connectivity index (χ2n) is 7.44. The molecular weight excluding hydrogens is 452 g/mol. The number of carboxylic acids is 1. The number of ether oxygens (including phenoxy) is 2. The Morgan fingerprint density at radius 3 is 2.56 bits per heavy atom. The van der Waals surface area contributed by atoms with Gasteiger partial charge in [-0.25, -0.2) is 9.79 Å². The average molecular weight is 475 g/mol. The summed E-state index contributed by atoms with van der Waals surface area (Å²) in [7, 11) is 1.55. The number of nitrogens with one attached hydrogen (secondary N) is 1. The lowest BCUT2D eigenvalue weighted by Crippen LogP contribution is -2.19. The summed E-state index contributed by atoms with van der Waals surface area (Å²) >= 11 is 1.26. The van der Waals surface area contributed by atoms with Crippen LogP contribution in [0.25, 0.3) is 6.08 Å². The van der Waals surface area contributed by atoms with Crippen molar-refractivity contribution in [2.45, 2.75) is 13.5 Å². The summed E-state index contributed by atoms with van der Waals surface area (Å²) < 4.78 is 11.5. The zero-order valence-electron chi connectivity index (χ0n) is 18.6. The van der Waals surface area contributed by atoms with Gasteiger partial charge in [0, 0.05) is 5.56 Å². The van der Waals surface area contributed by atoms with Gasteiger partial charge < -0.3 is 19.9 Å². The fourth-order valence-electron chi connectivity index (χ4n) is 3.28. The smallest absolute Gasteiger partial charge is 0.335 e. The summed E-state index contributed by atoms with van der Waals surface area (Å²) in [6.45, 7) is 2.17. The Kier molecular flexibility index (Phi) is 6.98. The molecule has 0 spiro atoms. The maximum Gasteiger partial charge on any atom is 0.335 e. The molecule has 1 saturated heterocycles.